The third-order valence-electron chi connectivity index (χ3n) is 4.07. The zero-order valence-corrected chi connectivity index (χ0v) is 15.2. The van der Waals surface area contributed by atoms with Crippen molar-refractivity contribution >= 4 is 23.6 Å². The number of ether oxygens (including phenoxy) is 2. The molecule has 0 radical (unpaired) electrons. The zero-order valence-electron chi connectivity index (χ0n) is 14.5. The van der Waals surface area contributed by atoms with Crippen molar-refractivity contribution in [2.24, 2.45) is 5.92 Å². The summed E-state index contributed by atoms with van der Waals surface area (Å²) in [4.78, 5) is 24.5. The molecule has 6 nitrogen and oxygen atoms in total. The normalized spacial score (nSPS) is 19.0. The fourth-order valence-corrected chi connectivity index (χ4v) is 3.05. The number of halogens is 1. The van der Waals surface area contributed by atoms with Gasteiger partial charge in [-0.25, -0.2) is 4.79 Å². The molecule has 1 saturated heterocycles. The van der Waals surface area contributed by atoms with Gasteiger partial charge in [-0.3, -0.25) is 4.79 Å². The van der Waals surface area contributed by atoms with Gasteiger partial charge in [-0.05, 0) is 29.8 Å². The predicted octanol–water partition coefficient (Wildman–Crippen LogP) is 3.45. The third-order valence-corrected chi connectivity index (χ3v) is 4.31. The van der Waals surface area contributed by atoms with E-state index >= 15 is 0 Å². The maximum absolute atomic E-state index is 12.6. The fraction of sp³-hybridized carbons (Fsp3) is 0.200. The zero-order chi connectivity index (χ0) is 19.2. The lowest BCUT2D eigenvalue weighted by molar-refractivity contribution is -0.149. The van der Waals surface area contributed by atoms with Gasteiger partial charge < -0.3 is 20.1 Å². The largest absolute Gasteiger partial charge is 0.490 e. The van der Waals surface area contributed by atoms with Crippen LogP contribution in [-0.4, -0.2) is 25.2 Å². The summed E-state index contributed by atoms with van der Waals surface area (Å²) in [6.45, 7) is 4.10. The minimum atomic E-state index is -0.780. The average molecular weight is 387 g/mol. The number of benzene rings is 2. The van der Waals surface area contributed by atoms with Crippen molar-refractivity contribution in [3.8, 4) is 5.75 Å². The lowest BCUT2D eigenvalue weighted by Gasteiger charge is -2.33. The van der Waals surface area contributed by atoms with Crippen LogP contribution < -0.4 is 15.4 Å². The van der Waals surface area contributed by atoms with E-state index in [4.69, 9.17) is 21.1 Å². The van der Waals surface area contributed by atoms with Crippen LogP contribution in [0.4, 0.5) is 4.79 Å². The van der Waals surface area contributed by atoms with Gasteiger partial charge in [0.15, 0.2) is 0 Å². The molecule has 140 valence electrons. The number of esters is 1. The maximum atomic E-state index is 12.6. The molecule has 27 heavy (non-hydrogen) atoms. The van der Waals surface area contributed by atoms with E-state index < -0.39 is 24.0 Å². The van der Waals surface area contributed by atoms with E-state index in [-0.39, 0.29) is 18.9 Å². The Labute approximate surface area is 162 Å². The topological polar surface area (TPSA) is 76.7 Å². The number of hydrogen-bond acceptors (Lipinski definition) is 4. The van der Waals surface area contributed by atoms with E-state index in [1.807, 2.05) is 30.3 Å². The highest BCUT2D eigenvalue weighted by Crippen LogP contribution is 2.31. The molecule has 2 N–H and O–H groups in total. The molecule has 2 aromatic carbocycles. The summed E-state index contributed by atoms with van der Waals surface area (Å²) in [7, 11) is 0. The number of nitrogens with one attached hydrogen (secondary N) is 2. The van der Waals surface area contributed by atoms with Crippen LogP contribution in [0, 0.1) is 5.92 Å². The Bertz CT molecular complexity index is 841. The van der Waals surface area contributed by atoms with Gasteiger partial charge in [0.25, 0.3) is 0 Å². The van der Waals surface area contributed by atoms with Crippen molar-refractivity contribution in [2.75, 3.05) is 13.2 Å². The first-order valence-corrected chi connectivity index (χ1v) is 8.78. The van der Waals surface area contributed by atoms with Crippen LogP contribution >= 0.6 is 11.6 Å². The minimum absolute atomic E-state index is 0.0771. The lowest BCUT2D eigenvalue weighted by Crippen LogP contribution is -2.51. The van der Waals surface area contributed by atoms with E-state index in [0.717, 1.165) is 0 Å². The van der Waals surface area contributed by atoms with Crippen molar-refractivity contribution in [3.63, 3.8) is 0 Å². The minimum Gasteiger partial charge on any atom is -0.490 e. The molecule has 1 aliphatic heterocycles. The molecule has 3 rings (SSSR count). The first-order valence-electron chi connectivity index (χ1n) is 8.41. The SMILES string of the molecule is C=C1NC(=O)N[C@H](c2cccc(Cl)c2)[C@@H]1C(=O)OCCOc1ccccc1. The van der Waals surface area contributed by atoms with Gasteiger partial charge in [0, 0.05) is 10.7 Å². The van der Waals surface area contributed by atoms with Crippen molar-refractivity contribution < 1.29 is 19.1 Å². The molecule has 0 aliphatic carbocycles. The lowest BCUT2D eigenvalue weighted by atomic mass is 9.89. The second-order valence-electron chi connectivity index (χ2n) is 5.96. The molecular formula is C20H19ClN2O4. The van der Waals surface area contributed by atoms with Gasteiger partial charge in [0.1, 0.15) is 24.9 Å². The van der Waals surface area contributed by atoms with Gasteiger partial charge in [-0.2, -0.15) is 0 Å². The van der Waals surface area contributed by atoms with Crippen molar-refractivity contribution in [2.45, 2.75) is 6.04 Å². The summed E-state index contributed by atoms with van der Waals surface area (Å²) in [5.41, 5.74) is 0.971. The first-order chi connectivity index (χ1) is 13.0. The maximum Gasteiger partial charge on any atom is 0.319 e. The van der Waals surface area contributed by atoms with Crippen LogP contribution in [0.15, 0.2) is 66.9 Å². The fourth-order valence-electron chi connectivity index (χ4n) is 2.85. The van der Waals surface area contributed by atoms with Crippen LogP contribution in [0.5, 0.6) is 5.75 Å². The average Bonchev–Trinajstić information content (AvgIpc) is 2.65. The molecular weight excluding hydrogens is 368 g/mol. The van der Waals surface area contributed by atoms with Gasteiger partial charge in [-0.1, -0.05) is 48.5 Å². The molecule has 0 aromatic heterocycles. The van der Waals surface area contributed by atoms with E-state index in [9.17, 15) is 9.59 Å². The van der Waals surface area contributed by atoms with Gasteiger partial charge in [0.2, 0.25) is 0 Å². The molecule has 2 amide bonds. The predicted molar refractivity (Wildman–Crippen MR) is 101 cm³/mol. The van der Waals surface area contributed by atoms with Crippen LogP contribution in [0.2, 0.25) is 5.02 Å². The number of urea groups is 1. The highest BCUT2D eigenvalue weighted by Gasteiger charge is 2.38. The van der Waals surface area contributed by atoms with Gasteiger partial charge in [0.05, 0.1) is 6.04 Å². The van der Waals surface area contributed by atoms with Crippen LogP contribution in [0.1, 0.15) is 11.6 Å². The van der Waals surface area contributed by atoms with E-state index in [1.54, 1.807) is 24.3 Å². The molecule has 1 fully saturated rings. The van der Waals surface area contributed by atoms with Crippen LogP contribution in [0.25, 0.3) is 0 Å². The summed E-state index contributed by atoms with van der Waals surface area (Å²) in [6, 6.07) is 15.2. The Morgan fingerprint density at radius 1 is 1.11 bits per heavy atom. The second-order valence-corrected chi connectivity index (χ2v) is 6.40. The Kier molecular flexibility index (Phi) is 5.98. The van der Waals surface area contributed by atoms with Gasteiger partial charge >= 0.3 is 12.0 Å². The standard InChI is InChI=1S/C20H19ClN2O4/c1-13-17(19(24)27-11-10-26-16-8-3-2-4-9-16)18(23-20(25)22-13)14-6-5-7-15(21)12-14/h2-9,12,17-18H,1,10-11H2,(H2,22,23,25)/t17-,18-/m1/s1. The molecule has 0 spiro atoms. The highest BCUT2D eigenvalue weighted by molar-refractivity contribution is 6.30. The molecule has 2 aromatic rings. The second kappa shape index (κ2) is 8.60. The molecule has 0 saturated carbocycles. The van der Waals surface area contributed by atoms with E-state index in [1.165, 1.54) is 0 Å². The van der Waals surface area contributed by atoms with Crippen molar-refractivity contribution in [1.29, 1.82) is 0 Å². The molecule has 0 bridgehead atoms. The monoisotopic (exact) mass is 386 g/mol. The summed E-state index contributed by atoms with van der Waals surface area (Å²) < 4.78 is 10.9. The number of para-hydroxylation sites is 1. The number of carbonyl (C=O) groups excluding carboxylic acids is 2. The van der Waals surface area contributed by atoms with Gasteiger partial charge in [-0.15, -0.1) is 0 Å². The smallest absolute Gasteiger partial charge is 0.319 e. The summed E-state index contributed by atoms with van der Waals surface area (Å²) >= 11 is 6.04. The van der Waals surface area contributed by atoms with Crippen molar-refractivity contribution in [3.05, 3.63) is 77.5 Å². The Balaban J connectivity index is 1.64. The Morgan fingerprint density at radius 2 is 1.89 bits per heavy atom. The van der Waals surface area contributed by atoms with Crippen LogP contribution in [0.3, 0.4) is 0 Å². The number of hydrogen-bond donors (Lipinski definition) is 2. The first kappa shape index (κ1) is 18.8. The highest BCUT2D eigenvalue weighted by atomic mass is 35.5. The number of rotatable bonds is 6. The number of amides is 2. The summed E-state index contributed by atoms with van der Waals surface area (Å²) in [6.07, 6.45) is 0. The summed E-state index contributed by atoms with van der Waals surface area (Å²) in [5, 5.41) is 5.78. The molecule has 7 heteroatoms. The number of carbonyl (C=O) groups is 2. The molecule has 0 unspecified atom stereocenters. The summed E-state index contributed by atoms with van der Waals surface area (Å²) in [5.74, 6) is -0.589. The third kappa shape index (κ3) is 4.80. The Hall–Kier alpha value is -2.99. The molecule has 1 aliphatic rings. The van der Waals surface area contributed by atoms with E-state index in [2.05, 4.69) is 17.2 Å². The van der Waals surface area contributed by atoms with Crippen LogP contribution in [-0.2, 0) is 9.53 Å². The molecule has 1 heterocycles. The Morgan fingerprint density at radius 3 is 2.63 bits per heavy atom. The molecule has 2 atom stereocenters. The van der Waals surface area contributed by atoms with Crippen molar-refractivity contribution in [1.82, 2.24) is 10.6 Å². The van der Waals surface area contributed by atoms with E-state index in [0.29, 0.717) is 16.3 Å². The quantitative estimate of drug-likeness (QED) is 0.589.